The molecule has 1 aliphatic heterocycles. The molecule has 3 aromatic heterocycles. The summed E-state index contributed by atoms with van der Waals surface area (Å²) in [6.45, 7) is 4.27. The number of nitrogens with zero attached hydrogens (tertiary/aromatic N) is 6. The van der Waals surface area contributed by atoms with Gasteiger partial charge in [-0.05, 0) is 43.3 Å². The molecule has 1 aliphatic rings. The van der Waals surface area contributed by atoms with E-state index in [1.165, 1.54) is 0 Å². The fraction of sp³-hybridized carbons (Fsp3) is 0.185. The van der Waals surface area contributed by atoms with Crippen molar-refractivity contribution < 1.29 is 9.53 Å². The number of aromatic amines is 1. The minimum absolute atomic E-state index is 0.0516. The maximum Gasteiger partial charge on any atom is 0.257 e. The molecule has 0 unspecified atom stereocenters. The van der Waals surface area contributed by atoms with Crippen molar-refractivity contribution in [1.82, 2.24) is 29.7 Å². The summed E-state index contributed by atoms with van der Waals surface area (Å²) in [5.41, 5.74) is 2.36. The Hall–Kier alpha value is -4.86. The van der Waals surface area contributed by atoms with E-state index in [0.29, 0.717) is 60.8 Å². The predicted octanol–water partition coefficient (Wildman–Crippen LogP) is 4.26. The second-order valence-electron chi connectivity index (χ2n) is 8.85. The molecule has 0 radical (unpaired) electrons. The van der Waals surface area contributed by atoms with Crippen LogP contribution in [0.5, 0.6) is 11.5 Å². The number of para-hydroxylation sites is 2. The highest BCUT2D eigenvalue weighted by Crippen LogP contribution is 2.27. The molecule has 2 N–H and O–H groups in total. The van der Waals surface area contributed by atoms with Gasteiger partial charge in [0.05, 0.1) is 5.56 Å². The van der Waals surface area contributed by atoms with Crippen LogP contribution < -0.4 is 15.0 Å². The lowest BCUT2D eigenvalue weighted by molar-refractivity contribution is 0.0743. The molecular weight excluding hydrogens is 468 g/mol. The van der Waals surface area contributed by atoms with Gasteiger partial charge in [0.15, 0.2) is 11.6 Å². The minimum Gasteiger partial charge on any atom is -0.457 e. The summed E-state index contributed by atoms with van der Waals surface area (Å²) in [5, 5.41) is 15.2. The zero-order valence-electron chi connectivity index (χ0n) is 20.3. The number of rotatable bonds is 6. The first-order valence-corrected chi connectivity index (χ1v) is 12.1. The number of anilines is 3. The normalized spacial score (nSPS) is 13.6. The number of carbonyl (C=O) groups excluding carboxylic acids is 1. The number of piperazine rings is 1. The zero-order chi connectivity index (χ0) is 25.2. The molecule has 4 heterocycles. The van der Waals surface area contributed by atoms with Crippen LogP contribution in [0, 0.1) is 6.92 Å². The molecule has 0 spiro atoms. The average Bonchev–Trinajstić information content (AvgIpc) is 3.58. The number of H-pyrrole nitrogens is 1. The molecule has 2 aromatic carbocycles. The van der Waals surface area contributed by atoms with Crippen molar-refractivity contribution in [3.05, 3.63) is 90.3 Å². The van der Waals surface area contributed by atoms with Gasteiger partial charge < -0.3 is 19.9 Å². The third-order valence-electron chi connectivity index (χ3n) is 6.27. The summed E-state index contributed by atoms with van der Waals surface area (Å²) in [4.78, 5) is 22.2. The summed E-state index contributed by atoms with van der Waals surface area (Å²) in [6, 6.07) is 22.7. The summed E-state index contributed by atoms with van der Waals surface area (Å²) >= 11 is 0. The van der Waals surface area contributed by atoms with E-state index < -0.39 is 0 Å². The molecule has 5 aromatic rings. The van der Waals surface area contributed by atoms with Crippen molar-refractivity contribution in [2.45, 2.75) is 6.92 Å². The number of aryl methyl sites for hydroxylation is 1. The first-order chi connectivity index (χ1) is 18.1. The molecule has 1 fully saturated rings. The van der Waals surface area contributed by atoms with Crippen LogP contribution >= 0.6 is 0 Å². The van der Waals surface area contributed by atoms with Gasteiger partial charge in [0.1, 0.15) is 17.0 Å². The SMILES string of the molecule is Cc1cc(Nc2nc(N3CCN(C(=O)c4ccccc4Oc4ccccc4)CC3)nn3cccc23)n[nH]1. The minimum atomic E-state index is -0.0516. The first-order valence-electron chi connectivity index (χ1n) is 12.1. The number of amides is 1. The summed E-state index contributed by atoms with van der Waals surface area (Å²) in [7, 11) is 0. The van der Waals surface area contributed by atoms with E-state index >= 15 is 0 Å². The number of nitrogens with one attached hydrogen (secondary N) is 2. The van der Waals surface area contributed by atoms with Crippen molar-refractivity contribution in [3.63, 3.8) is 0 Å². The monoisotopic (exact) mass is 494 g/mol. The van der Waals surface area contributed by atoms with E-state index in [0.717, 1.165) is 11.2 Å². The Morgan fingerprint density at radius 2 is 1.76 bits per heavy atom. The molecule has 0 saturated carbocycles. The van der Waals surface area contributed by atoms with Crippen LogP contribution in [0.3, 0.4) is 0 Å². The third kappa shape index (κ3) is 4.68. The van der Waals surface area contributed by atoms with E-state index in [1.807, 2.05) is 90.8 Å². The van der Waals surface area contributed by atoms with Gasteiger partial charge in [-0.3, -0.25) is 9.89 Å². The Morgan fingerprint density at radius 1 is 0.973 bits per heavy atom. The van der Waals surface area contributed by atoms with E-state index in [4.69, 9.17) is 14.8 Å². The number of benzene rings is 2. The predicted molar refractivity (Wildman–Crippen MR) is 141 cm³/mol. The molecule has 0 atom stereocenters. The van der Waals surface area contributed by atoms with Crippen LogP contribution in [0.4, 0.5) is 17.6 Å². The van der Waals surface area contributed by atoms with Crippen molar-refractivity contribution in [1.29, 1.82) is 0 Å². The number of aromatic nitrogens is 5. The topological polar surface area (TPSA) is 104 Å². The third-order valence-corrected chi connectivity index (χ3v) is 6.27. The number of hydrogen-bond donors (Lipinski definition) is 2. The lowest BCUT2D eigenvalue weighted by Crippen LogP contribution is -2.49. The first kappa shape index (κ1) is 22.6. The van der Waals surface area contributed by atoms with E-state index in [-0.39, 0.29) is 5.91 Å². The molecule has 37 heavy (non-hydrogen) atoms. The van der Waals surface area contributed by atoms with Crippen LogP contribution in [-0.4, -0.2) is 61.8 Å². The molecule has 1 saturated heterocycles. The van der Waals surface area contributed by atoms with Crippen LogP contribution in [0.2, 0.25) is 0 Å². The molecule has 0 aliphatic carbocycles. The maximum absolute atomic E-state index is 13.4. The van der Waals surface area contributed by atoms with Gasteiger partial charge in [0, 0.05) is 44.1 Å². The van der Waals surface area contributed by atoms with Crippen LogP contribution in [0.1, 0.15) is 16.1 Å². The Balaban J connectivity index is 1.18. The Bertz CT molecular complexity index is 1540. The van der Waals surface area contributed by atoms with Gasteiger partial charge in [-0.2, -0.15) is 10.1 Å². The van der Waals surface area contributed by atoms with Gasteiger partial charge in [-0.15, -0.1) is 5.10 Å². The number of carbonyl (C=O) groups is 1. The largest absolute Gasteiger partial charge is 0.457 e. The second kappa shape index (κ2) is 9.65. The molecule has 186 valence electrons. The Labute approximate surface area is 213 Å². The summed E-state index contributed by atoms with van der Waals surface area (Å²) in [6.07, 6.45) is 1.89. The molecule has 10 nitrogen and oxygen atoms in total. The quantitative estimate of drug-likeness (QED) is 0.364. The highest BCUT2D eigenvalue weighted by Gasteiger charge is 2.26. The van der Waals surface area contributed by atoms with Gasteiger partial charge in [0.25, 0.3) is 5.91 Å². The number of fused-ring (bicyclic) bond motifs is 1. The van der Waals surface area contributed by atoms with Crippen molar-refractivity contribution >= 4 is 29.0 Å². The van der Waals surface area contributed by atoms with Crippen molar-refractivity contribution in [3.8, 4) is 11.5 Å². The maximum atomic E-state index is 13.4. The Kier molecular flexibility index (Phi) is 5.89. The van der Waals surface area contributed by atoms with Gasteiger partial charge in [-0.1, -0.05) is 30.3 Å². The smallest absolute Gasteiger partial charge is 0.257 e. The second-order valence-corrected chi connectivity index (χ2v) is 8.85. The highest BCUT2D eigenvalue weighted by molar-refractivity contribution is 5.97. The lowest BCUT2D eigenvalue weighted by Gasteiger charge is -2.35. The number of ether oxygens (including phenoxy) is 1. The summed E-state index contributed by atoms with van der Waals surface area (Å²) < 4.78 is 7.82. The van der Waals surface area contributed by atoms with Gasteiger partial charge >= 0.3 is 0 Å². The van der Waals surface area contributed by atoms with Crippen LogP contribution in [0.25, 0.3) is 5.52 Å². The molecule has 1 amide bonds. The van der Waals surface area contributed by atoms with E-state index in [9.17, 15) is 4.79 Å². The number of hydrogen-bond acceptors (Lipinski definition) is 7. The average molecular weight is 495 g/mol. The molecule has 10 heteroatoms. The molecular formula is C27H26N8O2. The summed E-state index contributed by atoms with van der Waals surface area (Å²) in [5.74, 6) is 3.15. The molecule has 6 rings (SSSR count). The van der Waals surface area contributed by atoms with Gasteiger partial charge in [-0.25, -0.2) is 4.52 Å². The lowest BCUT2D eigenvalue weighted by atomic mass is 10.1. The fourth-order valence-electron chi connectivity index (χ4n) is 4.38. The van der Waals surface area contributed by atoms with Crippen molar-refractivity contribution in [2.75, 3.05) is 36.4 Å². The van der Waals surface area contributed by atoms with Crippen LogP contribution in [-0.2, 0) is 0 Å². The Morgan fingerprint density at radius 3 is 2.54 bits per heavy atom. The van der Waals surface area contributed by atoms with Gasteiger partial charge in [0.2, 0.25) is 5.95 Å². The highest BCUT2D eigenvalue weighted by atomic mass is 16.5. The fourth-order valence-corrected chi connectivity index (χ4v) is 4.38. The van der Waals surface area contributed by atoms with Crippen LogP contribution in [0.15, 0.2) is 79.0 Å². The van der Waals surface area contributed by atoms with E-state index in [1.54, 1.807) is 4.52 Å². The molecule has 0 bridgehead atoms. The van der Waals surface area contributed by atoms with E-state index in [2.05, 4.69) is 20.4 Å². The standard InChI is InChI=1S/C27H26N8O2/c1-19-18-24(31-30-19)28-25-22-11-7-13-35(22)32-27(29-25)34-16-14-33(15-17-34)26(36)21-10-5-6-12-23(21)37-20-8-3-2-4-9-20/h2-13,18H,14-17H2,1H3,(H2,28,29,30,31,32). The zero-order valence-corrected chi connectivity index (χ0v) is 20.3. The van der Waals surface area contributed by atoms with Crippen molar-refractivity contribution in [2.24, 2.45) is 0 Å².